The normalized spacial score (nSPS) is 10.8. The van der Waals surface area contributed by atoms with Crippen LogP contribution in [0.4, 0.5) is 9.18 Å². The Balaban J connectivity index is 1.24. The minimum atomic E-state index is -0.514. The molecule has 0 radical (unpaired) electrons. The molecule has 1 aromatic heterocycles. The second-order valence-electron chi connectivity index (χ2n) is 8.78. The number of nitrogens with zero attached hydrogens (tertiary/aromatic N) is 2. The van der Waals surface area contributed by atoms with Crippen molar-refractivity contribution in [3.63, 3.8) is 0 Å². The number of hydrogen-bond donors (Lipinski definition) is 1. The van der Waals surface area contributed by atoms with Gasteiger partial charge in [0.15, 0.2) is 0 Å². The Morgan fingerprint density at radius 1 is 0.833 bits per heavy atom. The Morgan fingerprint density at radius 2 is 1.44 bits per heavy atom. The number of rotatable bonds is 11. The van der Waals surface area contributed by atoms with Gasteiger partial charge < -0.3 is 14.6 Å². The molecule has 0 aliphatic heterocycles. The first kappa shape index (κ1) is 25.2. The van der Waals surface area contributed by atoms with E-state index >= 15 is 0 Å². The highest BCUT2D eigenvalue weighted by Crippen LogP contribution is 2.33. The van der Waals surface area contributed by atoms with Crippen LogP contribution in [0.1, 0.15) is 37.9 Å². The molecule has 36 heavy (non-hydrogen) atoms. The SMILES string of the molecule is Cc1nc(-c2ccccc2)c(-c2ccccc2)n1CCCCCCCNC(=O)Oc1ccc(F)cc1. The van der Waals surface area contributed by atoms with Crippen molar-refractivity contribution in [1.82, 2.24) is 14.9 Å². The van der Waals surface area contributed by atoms with Crippen molar-refractivity contribution in [2.45, 2.75) is 45.6 Å². The molecule has 4 aromatic rings. The van der Waals surface area contributed by atoms with Crippen molar-refractivity contribution in [2.75, 3.05) is 6.54 Å². The quantitative estimate of drug-likeness (QED) is 0.225. The molecule has 1 heterocycles. The third-order valence-corrected chi connectivity index (χ3v) is 6.10. The van der Waals surface area contributed by atoms with Crippen LogP contribution in [0, 0.1) is 12.7 Å². The number of carbonyl (C=O) groups excluding carboxylic acids is 1. The molecule has 5 nitrogen and oxygen atoms in total. The zero-order valence-electron chi connectivity index (χ0n) is 20.6. The Bertz CT molecular complexity index is 1240. The molecule has 3 aromatic carbocycles. The Kier molecular flexibility index (Phi) is 8.87. The molecule has 186 valence electrons. The molecule has 1 amide bonds. The summed E-state index contributed by atoms with van der Waals surface area (Å²) in [4.78, 5) is 16.8. The fourth-order valence-electron chi connectivity index (χ4n) is 4.29. The van der Waals surface area contributed by atoms with Crippen LogP contribution < -0.4 is 10.1 Å². The molecule has 0 unspecified atom stereocenters. The van der Waals surface area contributed by atoms with Gasteiger partial charge in [-0.15, -0.1) is 0 Å². The van der Waals surface area contributed by atoms with Crippen molar-refractivity contribution in [3.05, 3.63) is 96.6 Å². The van der Waals surface area contributed by atoms with Gasteiger partial charge in [-0.25, -0.2) is 14.2 Å². The van der Waals surface area contributed by atoms with Gasteiger partial charge in [-0.2, -0.15) is 0 Å². The van der Waals surface area contributed by atoms with Crippen molar-refractivity contribution >= 4 is 6.09 Å². The number of aryl methyl sites for hydroxylation is 1. The van der Waals surface area contributed by atoms with Crippen molar-refractivity contribution in [2.24, 2.45) is 0 Å². The summed E-state index contributed by atoms with van der Waals surface area (Å²) in [6, 6.07) is 26.2. The average molecular weight is 486 g/mol. The number of amides is 1. The summed E-state index contributed by atoms with van der Waals surface area (Å²) in [6.45, 7) is 3.55. The Labute approximate surface area is 212 Å². The van der Waals surface area contributed by atoms with Crippen molar-refractivity contribution in [1.29, 1.82) is 0 Å². The lowest BCUT2D eigenvalue weighted by molar-refractivity contribution is 0.200. The minimum Gasteiger partial charge on any atom is -0.410 e. The fourth-order valence-corrected chi connectivity index (χ4v) is 4.29. The van der Waals surface area contributed by atoms with Crippen LogP contribution in [0.25, 0.3) is 22.5 Å². The molecule has 0 spiro atoms. The van der Waals surface area contributed by atoms with Crippen molar-refractivity contribution < 1.29 is 13.9 Å². The molecule has 0 fully saturated rings. The van der Waals surface area contributed by atoms with Crippen LogP contribution in [0.2, 0.25) is 0 Å². The smallest absolute Gasteiger partial charge is 0.410 e. The number of halogens is 1. The van der Waals surface area contributed by atoms with E-state index in [4.69, 9.17) is 9.72 Å². The number of hydrogen-bond acceptors (Lipinski definition) is 3. The van der Waals surface area contributed by atoms with Gasteiger partial charge >= 0.3 is 6.09 Å². The van der Waals surface area contributed by atoms with Gasteiger partial charge in [0.25, 0.3) is 0 Å². The topological polar surface area (TPSA) is 56.2 Å². The lowest BCUT2D eigenvalue weighted by Gasteiger charge is -2.12. The van der Waals surface area contributed by atoms with E-state index in [1.165, 1.54) is 35.5 Å². The van der Waals surface area contributed by atoms with E-state index in [2.05, 4.69) is 65.3 Å². The standard InChI is InChI=1S/C30H32FN3O2/c1-23-33-28(24-13-7-5-8-14-24)29(25-15-9-6-10-16-25)34(23)22-12-4-2-3-11-21-32-30(35)36-27-19-17-26(31)18-20-27/h5-10,13-20H,2-4,11-12,21-22H2,1H3,(H,32,35). The highest BCUT2D eigenvalue weighted by Gasteiger charge is 2.17. The second-order valence-corrected chi connectivity index (χ2v) is 8.78. The summed E-state index contributed by atoms with van der Waals surface area (Å²) >= 11 is 0. The lowest BCUT2D eigenvalue weighted by atomic mass is 10.0. The highest BCUT2D eigenvalue weighted by molar-refractivity contribution is 5.79. The zero-order chi connectivity index (χ0) is 25.2. The van der Waals surface area contributed by atoms with Gasteiger partial charge in [-0.1, -0.05) is 79.9 Å². The monoisotopic (exact) mass is 485 g/mol. The number of aromatic nitrogens is 2. The summed E-state index contributed by atoms with van der Waals surface area (Å²) < 4.78 is 20.4. The fraction of sp³-hybridized carbons (Fsp3) is 0.267. The van der Waals surface area contributed by atoms with Gasteiger partial charge in [-0.05, 0) is 44.0 Å². The van der Waals surface area contributed by atoms with E-state index < -0.39 is 6.09 Å². The molecule has 0 atom stereocenters. The molecule has 0 aliphatic carbocycles. The molecule has 0 aliphatic rings. The number of imidazole rings is 1. The minimum absolute atomic E-state index is 0.328. The number of carbonyl (C=O) groups is 1. The van der Waals surface area contributed by atoms with E-state index in [0.717, 1.165) is 55.7 Å². The van der Waals surface area contributed by atoms with Crippen molar-refractivity contribution in [3.8, 4) is 28.3 Å². The second kappa shape index (κ2) is 12.7. The number of nitrogens with one attached hydrogen (secondary N) is 1. The van der Waals surface area contributed by atoms with Gasteiger partial charge in [0.1, 0.15) is 17.4 Å². The molecule has 6 heteroatoms. The summed E-state index contributed by atoms with van der Waals surface area (Å²) in [6.07, 6.45) is 4.66. The zero-order valence-corrected chi connectivity index (χ0v) is 20.6. The third kappa shape index (κ3) is 6.81. The van der Waals surface area contributed by atoms with Crippen LogP contribution in [0.3, 0.4) is 0 Å². The predicted molar refractivity (Wildman–Crippen MR) is 141 cm³/mol. The van der Waals surface area contributed by atoms with E-state index in [1.54, 1.807) is 0 Å². The van der Waals surface area contributed by atoms with Crippen LogP contribution in [-0.2, 0) is 6.54 Å². The average Bonchev–Trinajstić information content (AvgIpc) is 3.24. The van der Waals surface area contributed by atoms with Crippen LogP contribution >= 0.6 is 0 Å². The number of ether oxygens (including phenoxy) is 1. The first-order valence-corrected chi connectivity index (χ1v) is 12.5. The summed E-state index contributed by atoms with van der Waals surface area (Å²) in [5.74, 6) is 0.990. The highest BCUT2D eigenvalue weighted by atomic mass is 19.1. The van der Waals surface area contributed by atoms with Gasteiger partial charge in [0, 0.05) is 24.2 Å². The third-order valence-electron chi connectivity index (χ3n) is 6.10. The van der Waals surface area contributed by atoms with Crippen LogP contribution in [0.5, 0.6) is 5.75 Å². The van der Waals surface area contributed by atoms with E-state index in [0.29, 0.717) is 12.3 Å². The molecule has 4 rings (SSSR count). The van der Waals surface area contributed by atoms with Gasteiger partial charge in [0.05, 0.1) is 11.4 Å². The largest absolute Gasteiger partial charge is 0.412 e. The summed E-state index contributed by atoms with van der Waals surface area (Å²) in [7, 11) is 0. The van der Waals surface area contributed by atoms with Crippen LogP contribution in [-0.4, -0.2) is 22.2 Å². The maximum Gasteiger partial charge on any atom is 0.412 e. The molecule has 0 saturated heterocycles. The predicted octanol–water partition coefficient (Wildman–Crippen LogP) is 7.40. The van der Waals surface area contributed by atoms with E-state index in [-0.39, 0.29) is 5.82 Å². The lowest BCUT2D eigenvalue weighted by Crippen LogP contribution is -2.27. The van der Waals surface area contributed by atoms with E-state index in [1.807, 2.05) is 12.1 Å². The molecule has 1 N–H and O–H groups in total. The van der Waals surface area contributed by atoms with E-state index in [9.17, 15) is 9.18 Å². The maximum absolute atomic E-state index is 12.9. The molecular formula is C30H32FN3O2. The van der Waals surface area contributed by atoms with Crippen LogP contribution in [0.15, 0.2) is 84.9 Å². The first-order valence-electron chi connectivity index (χ1n) is 12.5. The summed E-state index contributed by atoms with van der Waals surface area (Å²) in [5, 5.41) is 2.75. The van der Waals surface area contributed by atoms with Gasteiger partial charge in [0.2, 0.25) is 0 Å². The first-order chi connectivity index (χ1) is 17.6. The number of unbranched alkanes of at least 4 members (excludes halogenated alkanes) is 4. The summed E-state index contributed by atoms with van der Waals surface area (Å²) in [5.41, 5.74) is 4.50. The maximum atomic E-state index is 12.9. The number of benzene rings is 3. The molecule has 0 saturated carbocycles. The Morgan fingerprint density at radius 3 is 2.14 bits per heavy atom. The molecular weight excluding hydrogens is 453 g/mol. The molecule has 0 bridgehead atoms. The Hall–Kier alpha value is -3.93. The van der Waals surface area contributed by atoms with Gasteiger partial charge in [-0.3, -0.25) is 0 Å².